The van der Waals surface area contributed by atoms with Crippen LogP contribution in [-0.4, -0.2) is 44.9 Å². The highest BCUT2D eigenvalue weighted by Crippen LogP contribution is 2.24. The van der Waals surface area contributed by atoms with Gasteiger partial charge in [0, 0.05) is 31.1 Å². The summed E-state index contributed by atoms with van der Waals surface area (Å²) >= 11 is 0. The molecule has 0 saturated carbocycles. The molecule has 2 heterocycles. The van der Waals surface area contributed by atoms with Crippen LogP contribution < -0.4 is 10.1 Å². The third-order valence-corrected chi connectivity index (χ3v) is 5.10. The maximum atomic E-state index is 5.92. The molecule has 2 aromatic carbocycles. The Balaban J connectivity index is 1.44. The molecule has 1 N–H and O–H groups in total. The first-order chi connectivity index (χ1) is 13.3. The zero-order valence-corrected chi connectivity index (χ0v) is 15.7. The molecule has 1 fully saturated rings. The summed E-state index contributed by atoms with van der Waals surface area (Å²) in [6, 6.07) is 18.9. The molecule has 4 rings (SSSR count). The smallest absolute Gasteiger partial charge is 0.134 e. The number of furan rings is 1. The van der Waals surface area contributed by atoms with Crippen molar-refractivity contribution in [3.63, 3.8) is 0 Å². The van der Waals surface area contributed by atoms with E-state index in [9.17, 15) is 0 Å². The van der Waals surface area contributed by atoms with Gasteiger partial charge in [-0.25, -0.2) is 0 Å². The minimum Gasteiger partial charge on any atom is -0.497 e. The lowest BCUT2D eigenvalue weighted by Crippen LogP contribution is -2.42. The molecule has 0 radical (unpaired) electrons. The van der Waals surface area contributed by atoms with Gasteiger partial charge in [0.1, 0.15) is 17.1 Å². The number of nitrogens with zero attached hydrogens (tertiary/aromatic N) is 1. The lowest BCUT2D eigenvalue weighted by Gasteiger charge is -2.35. The molecule has 27 heavy (non-hydrogen) atoms. The summed E-state index contributed by atoms with van der Waals surface area (Å²) < 4.78 is 16.8. The number of hydrogen-bond donors (Lipinski definition) is 1. The number of ether oxygens (including phenoxy) is 2. The second-order valence-corrected chi connectivity index (χ2v) is 6.82. The summed E-state index contributed by atoms with van der Waals surface area (Å²) in [4.78, 5) is 2.48. The zero-order chi connectivity index (χ0) is 18.5. The fraction of sp³-hybridized carbons (Fsp3) is 0.364. The van der Waals surface area contributed by atoms with Gasteiger partial charge < -0.3 is 19.2 Å². The molecule has 3 aromatic rings. The Hall–Kier alpha value is -2.34. The third kappa shape index (κ3) is 4.33. The summed E-state index contributed by atoms with van der Waals surface area (Å²) in [5.41, 5.74) is 2.23. The van der Waals surface area contributed by atoms with Gasteiger partial charge in [-0.2, -0.15) is 0 Å². The van der Waals surface area contributed by atoms with Crippen LogP contribution in [0.3, 0.4) is 0 Å². The van der Waals surface area contributed by atoms with E-state index in [2.05, 4.69) is 34.5 Å². The highest BCUT2D eigenvalue weighted by Gasteiger charge is 2.22. The predicted octanol–water partition coefficient (Wildman–Crippen LogP) is 3.60. The average Bonchev–Trinajstić information content (AvgIpc) is 3.15. The molecular formula is C22H26N2O3. The summed E-state index contributed by atoms with van der Waals surface area (Å²) in [6.07, 6.45) is 0. The van der Waals surface area contributed by atoms with Crippen molar-refractivity contribution in [2.45, 2.75) is 12.6 Å². The van der Waals surface area contributed by atoms with Crippen LogP contribution in [0.5, 0.6) is 5.75 Å². The van der Waals surface area contributed by atoms with Gasteiger partial charge in [-0.15, -0.1) is 0 Å². The first kappa shape index (κ1) is 18.0. The van der Waals surface area contributed by atoms with Crippen LogP contribution in [0.25, 0.3) is 11.0 Å². The second-order valence-electron chi connectivity index (χ2n) is 6.82. The second kappa shape index (κ2) is 8.57. The van der Waals surface area contributed by atoms with Crippen molar-refractivity contribution in [2.24, 2.45) is 0 Å². The minimum atomic E-state index is 0.296. The lowest BCUT2D eigenvalue weighted by molar-refractivity contribution is 0.0160. The summed E-state index contributed by atoms with van der Waals surface area (Å²) in [6.45, 7) is 5.04. The van der Waals surface area contributed by atoms with Gasteiger partial charge in [-0.3, -0.25) is 4.90 Å². The van der Waals surface area contributed by atoms with E-state index in [4.69, 9.17) is 13.9 Å². The molecule has 5 heteroatoms. The zero-order valence-electron chi connectivity index (χ0n) is 15.7. The van der Waals surface area contributed by atoms with Crippen molar-refractivity contribution in [1.29, 1.82) is 0 Å². The number of nitrogens with one attached hydrogen (secondary N) is 1. The normalized spacial score (nSPS) is 16.5. The standard InChI is InChI=1S/C22H26N2O3/c1-25-19-8-6-17(7-9-19)21(24-10-12-26-13-11-24)16-23-15-20-14-18-4-2-3-5-22(18)27-20/h2-9,14,21,23H,10-13,15-16H2,1H3. The monoisotopic (exact) mass is 366 g/mol. The Bertz CT molecular complexity index is 820. The Morgan fingerprint density at radius 3 is 2.59 bits per heavy atom. The highest BCUT2D eigenvalue weighted by molar-refractivity contribution is 5.77. The maximum Gasteiger partial charge on any atom is 0.134 e. The van der Waals surface area contributed by atoms with E-state index in [1.165, 1.54) is 5.56 Å². The first-order valence-corrected chi connectivity index (χ1v) is 9.47. The van der Waals surface area contributed by atoms with Crippen LogP contribution in [0.1, 0.15) is 17.4 Å². The van der Waals surface area contributed by atoms with Crippen LogP contribution in [0.2, 0.25) is 0 Å². The van der Waals surface area contributed by atoms with Gasteiger partial charge >= 0.3 is 0 Å². The van der Waals surface area contributed by atoms with Crippen LogP contribution >= 0.6 is 0 Å². The number of para-hydroxylation sites is 1. The fourth-order valence-corrected chi connectivity index (χ4v) is 3.63. The number of rotatable bonds is 7. The quantitative estimate of drug-likeness (QED) is 0.692. The fourth-order valence-electron chi connectivity index (χ4n) is 3.63. The number of hydrogen-bond acceptors (Lipinski definition) is 5. The van der Waals surface area contributed by atoms with E-state index in [1.807, 2.05) is 30.3 Å². The van der Waals surface area contributed by atoms with E-state index >= 15 is 0 Å². The van der Waals surface area contributed by atoms with Gasteiger partial charge in [0.15, 0.2) is 0 Å². The van der Waals surface area contributed by atoms with Crippen molar-refractivity contribution in [3.8, 4) is 5.75 Å². The number of morpholine rings is 1. The van der Waals surface area contributed by atoms with Crippen LogP contribution in [0.15, 0.2) is 59.0 Å². The molecule has 1 aliphatic rings. The van der Waals surface area contributed by atoms with Gasteiger partial charge in [-0.05, 0) is 29.8 Å². The SMILES string of the molecule is COc1ccc(C(CNCc2cc3ccccc3o2)N2CCOCC2)cc1. The van der Waals surface area contributed by atoms with Crippen LogP contribution in [0.4, 0.5) is 0 Å². The summed E-state index contributed by atoms with van der Waals surface area (Å²) in [5, 5.41) is 4.73. The lowest BCUT2D eigenvalue weighted by atomic mass is 10.0. The van der Waals surface area contributed by atoms with Gasteiger partial charge in [-0.1, -0.05) is 30.3 Å². The maximum absolute atomic E-state index is 5.92. The number of benzene rings is 2. The Morgan fingerprint density at radius 1 is 1.07 bits per heavy atom. The molecule has 1 unspecified atom stereocenters. The first-order valence-electron chi connectivity index (χ1n) is 9.47. The minimum absolute atomic E-state index is 0.296. The molecule has 0 amide bonds. The van der Waals surface area contributed by atoms with Crippen molar-refractivity contribution >= 4 is 11.0 Å². The van der Waals surface area contributed by atoms with E-state index in [0.717, 1.165) is 55.3 Å². The van der Waals surface area contributed by atoms with Crippen molar-refractivity contribution < 1.29 is 13.9 Å². The number of methoxy groups -OCH3 is 1. The molecule has 1 saturated heterocycles. The molecule has 0 aliphatic carbocycles. The van der Waals surface area contributed by atoms with Crippen molar-refractivity contribution in [2.75, 3.05) is 40.0 Å². The molecular weight excluding hydrogens is 340 g/mol. The van der Waals surface area contributed by atoms with E-state index in [0.29, 0.717) is 12.6 Å². The van der Waals surface area contributed by atoms with Gasteiger partial charge in [0.05, 0.1) is 26.9 Å². The number of fused-ring (bicyclic) bond motifs is 1. The van der Waals surface area contributed by atoms with Gasteiger partial charge in [0.25, 0.3) is 0 Å². The Morgan fingerprint density at radius 2 is 1.85 bits per heavy atom. The van der Waals surface area contributed by atoms with Gasteiger partial charge in [0.2, 0.25) is 0 Å². The summed E-state index contributed by atoms with van der Waals surface area (Å²) in [5.74, 6) is 1.85. The average molecular weight is 366 g/mol. The van der Waals surface area contributed by atoms with Crippen molar-refractivity contribution in [1.82, 2.24) is 10.2 Å². The molecule has 1 aromatic heterocycles. The van der Waals surface area contributed by atoms with E-state index < -0.39 is 0 Å². The molecule has 1 aliphatic heterocycles. The molecule has 5 nitrogen and oxygen atoms in total. The molecule has 0 spiro atoms. The van der Waals surface area contributed by atoms with Crippen molar-refractivity contribution in [3.05, 3.63) is 65.9 Å². The predicted molar refractivity (Wildman–Crippen MR) is 106 cm³/mol. The third-order valence-electron chi connectivity index (χ3n) is 5.10. The molecule has 0 bridgehead atoms. The molecule has 142 valence electrons. The Labute approximate surface area is 159 Å². The Kier molecular flexibility index (Phi) is 5.72. The van der Waals surface area contributed by atoms with E-state index in [1.54, 1.807) is 7.11 Å². The topological polar surface area (TPSA) is 46.9 Å². The molecule has 1 atom stereocenters. The van der Waals surface area contributed by atoms with Crippen LogP contribution in [0, 0.1) is 0 Å². The summed E-state index contributed by atoms with van der Waals surface area (Å²) in [7, 11) is 1.70. The largest absolute Gasteiger partial charge is 0.497 e. The van der Waals surface area contributed by atoms with E-state index in [-0.39, 0.29) is 0 Å². The highest BCUT2D eigenvalue weighted by atomic mass is 16.5. The van der Waals surface area contributed by atoms with Crippen LogP contribution in [-0.2, 0) is 11.3 Å².